The molecule has 1 aliphatic rings. The highest BCUT2D eigenvalue weighted by Crippen LogP contribution is 2.38. The van der Waals surface area contributed by atoms with Gasteiger partial charge in [-0.25, -0.2) is 13.2 Å². The Morgan fingerprint density at radius 1 is 0.780 bits per heavy atom. The molecular weight excluding hydrogens is 556 g/mol. The maximum absolute atomic E-state index is 15.0. The van der Waals surface area contributed by atoms with E-state index < -0.39 is 54.3 Å². The van der Waals surface area contributed by atoms with Crippen LogP contribution in [0.1, 0.15) is 68.9 Å². The van der Waals surface area contributed by atoms with Gasteiger partial charge in [-0.1, -0.05) is 56.2 Å². The normalized spacial score (nSPS) is 17.9. The smallest absolute Gasteiger partial charge is 0.432 e. The average Bonchev–Trinajstić information content (AvgIpc) is 2.91. The van der Waals surface area contributed by atoms with Gasteiger partial charge in [-0.15, -0.1) is 13.2 Å². The van der Waals surface area contributed by atoms with Crippen LogP contribution in [0.5, 0.6) is 11.5 Å². The molecule has 0 aromatic heterocycles. The van der Waals surface area contributed by atoms with Crippen molar-refractivity contribution in [3.8, 4) is 22.6 Å². The second kappa shape index (κ2) is 12.7. The summed E-state index contributed by atoms with van der Waals surface area (Å²) in [6, 6.07) is 11.3. The van der Waals surface area contributed by atoms with Crippen LogP contribution in [0.15, 0.2) is 54.6 Å². The third-order valence-electron chi connectivity index (χ3n) is 7.48. The molecule has 41 heavy (non-hydrogen) atoms. The van der Waals surface area contributed by atoms with E-state index in [1.165, 1.54) is 37.8 Å². The van der Waals surface area contributed by atoms with Crippen LogP contribution in [0.3, 0.4) is 0 Å². The molecule has 0 atom stereocenters. The Morgan fingerprint density at radius 2 is 1.46 bits per heavy atom. The fourth-order valence-corrected chi connectivity index (χ4v) is 5.39. The molecule has 0 bridgehead atoms. The maximum atomic E-state index is 15.0. The predicted octanol–water partition coefficient (Wildman–Crippen LogP) is 10.3. The molecule has 0 unspecified atom stereocenters. The zero-order valence-corrected chi connectivity index (χ0v) is 22.3. The van der Waals surface area contributed by atoms with Crippen molar-refractivity contribution in [2.75, 3.05) is 0 Å². The lowest BCUT2D eigenvalue weighted by atomic mass is 9.77. The molecule has 0 heterocycles. The standard InChI is InChI=1S/C31H30F8O2/c1-2-3-19-4-6-20(7-5-19)21-8-10-22(11-9-21)25-14-12-23(28(33)29(25)34)16-17-30(35,36)40-24-13-15-27(26(32)18-24)41-31(37,38)39/h8-15,18-20H,2-7,16-17H2,1H3. The summed E-state index contributed by atoms with van der Waals surface area (Å²) in [5.74, 6) is -4.76. The van der Waals surface area contributed by atoms with Crippen LogP contribution < -0.4 is 9.47 Å². The van der Waals surface area contributed by atoms with Crippen molar-refractivity contribution < 1.29 is 44.6 Å². The third kappa shape index (κ3) is 8.14. The fraction of sp³-hybridized carbons (Fsp3) is 0.419. The Balaban J connectivity index is 1.38. The molecule has 0 radical (unpaired) electrons. The lowest BCUT2D eigenvalue weighted by Gasteiger charge is -2.28. The highest BCUT2D eigenvalue weighted by molar-refractivity contribution is 5.65. The number of benzene rings is 3. The number of halogens is 8. The van der Waals surface area contributed by atoms with E-state index in [0.29, 0.717) is 29.7 Å². The quantitative estimate of drug-likeness (QED) is 0.220. The summed E-state index contributed by atoms with van der Waals surface area (Å²) in [6.07, 6.45) is -3.83. The topological polar surface area (TPSA) is 18.5 Å². The van der Waals surface area contributed by atoms with E-state index in [2.05, 4.69) is 16.4 Å². The molecule has 3 aromatic rings. The van der Waals surface area contributed by atoms with Crippen molar-refractivity contribution in [3.05, 3.63) is 83.2 Å². The van der Waals surface area contributed by atoms with Crippen LogP contribution in [0.2, 0.25) is 0 Å². The Kier molecular flexibility index (Phi) is 9.49. The zero-order chi connectivity index (χ0) is 29.8. The van der Waals surface area contributed by atoms with Gasteiger partial charge in [-0.05, 0) is 72.8 Å². The second-order valence-electron chi connectivity index (χ2n) is 10.4. The van der Waals surface area contributed by atoms with Gasteiger partial charge >= 0.3 is 12.5 Å². The van der Waals surface area contributed by atoms with Crippen LogP contribution in [0.25, 0.3) is 11.1 Å². The number of rotatable bonds is 10. The third-order valence-corrected chi connectivity index (χ3v) is 7.48. The van der Waals surface area contributed by atoms with Crippen LogP contribution in [-0.2, 0) is 6.42 Å². The van der Waals surface area contributed by atoms with E-state index in [9.17, 15) is 35.1 Å². The first kappa shape index (κ1) is 30.7. The summed E-state index contributed by atoms with van der Waals surface area (Å²) in [7, 11) is 0. The molecule has 1 aliphatic carbocycles. The molecule has 222 valence electrons. The monoisotopic (exact) mass is 586 g/mol. The van der Waals surface area contributed by atoms with Crippen LogP contribution in [-0.4, -0.2) is 12.5 Å². The molecule has 0 saturated heterocycles. The van der Waals surface area contributed by atoms with E-state index in [-0.39, 0.29) is 11.1 Å². The van der Waals surface area contributed by atoms with Gasteiger partial charge in [0.2, 0.25) is 0 Å². The lowest BCUT2D eigenvalue weighted by molar-refractivity contribution is -0.275. The average molecular weight is 587 g/mol. The Hall–Kier alpha value is -3.30. The lowest BCUT2D eigenvalue weighted by Crippen LogP contribution is -2.25. The van der Waals surface area contributed by atoms with E-state index in [4.69, 9.17) is 0 Å². The second-order valence-corrected chi connectivity index (χ2v) is 10.4. The summed E-state index contributed by atoms with van der Waals surface area (Å²) >= 11 is 0. The summed E-state index contributed by atoms with van der Waals surface area (Å²) < 4.78 is 117. The molecule has 0 spiro atoms. The van der Waals surface area contributed by atoms with Gasteiger partial charge in [0.1, 0.15) is 5.75 Å². The van der Waals surface area contributed by atoms with Crippen molar-refractivity contribution >= 4 is 0 Å². The van der Waals surface area contributed by atoms with Crippen LogP contribution >= 0.6 is 0 Å². The van der Waals surface area contributed by atoms with Gasteiger partial charge in [0.15, 0.2) is 23.2 Å². The van der Waals surface area contributed by atoms with E-state index in [0.717, 1.165) is 24.3 Å². The van der Waals surface area contributed by atoms with Crippen molar-refractivity contribution in [1.29, 1.82) is 0 Å². The van der Waals surface area contributed by atoms with Gasteiger partial charge in [0, 0.05) is 11.6 Å². The first-order valence-electron chi connectivity index (χ1n) is 13.5. The molecule has 2 nitrogen and oxygen atoms in total. The molecule has 0 aliphatic heterocycles. The largest absolute Gasteiger partial charge is 0.573 e. The maximum Gasteiger partial charge on any atom is 0.573 e. The molecular formula is C31H30F8O2. The molecule has 1 saturated carbocycles. The molecule has 0 N–H and O–H groups in total. The highest BCUT2D eigenvalue weighted by Gasteiger charge is 2.34. The highest BCUT2D eigenvalue weighted by atomic mass is 19.4. The molecule has 3 aromatic carbocycles. The molecule has 0 amide bonds. The Morgan fingerprint density at radius 3 is 2.07 bits per heavy atom. The van der Waals surface area contributed by atoms with Crippen molar-refractivity contribution in [2.45, 2.75) is 76.7 Å². The van der Waals surface area contributed by atoms with Gasteiger partial charge in [0.25, 0.3) is 0 Å². The van der Waals surface area contributed by atoms with E-state index >= 15 is 0 Å². The summed E-state index contributed by atoms with van der Waals surface area (Å²) in [5.41, 5.74) is 1.31. The zero-order valence-electron chi connectivity index (χ0n) is 22.3. The van der Waals surface area contributed by atoms with E-state index in [1.54, 1.807) is 12.1 Å². The number of hydrogen-bond donors (Lipinski definition) is 0. The number of aryl methyl sites for hydroxylation is 1. The first-order valence-corrected chi connectivity index (χ1v) is 13.5. The number of alkyl halides is 5. The predicted molar refractivity (Wildman–Crippen MR) is 138 cm³/mol. The molecule has 4 rings (SSSR count). The van der Waals surface area contributed by atoms with Crippen molar-refractivity contribution in [3.63, 3.8) is 0 Å². The van der Waals surface area contributed by atoms with Crippen LogP contribution in [0, 0.1) is 23.4 Å². The summed E-state index contributed by atoms with van der Waals surface area (Å²) in [4.78, 5) is 0. The van der Waals surface area contributed by atoms with Gasteiger partial charge in [0.05, 0.1) is 6.42 Å². The SMILES string of the molecule is CCCC1CCC(c2ccc(-c3ccc(CCC(F)(F)Oc4ccc(OC(F)(F)F)c(F)c4)c(F)c3F)cc2)CC1. The van der Waals surface area contributed by atoms with Gasteiger partial charge < -0.3 is 9.47 Å². The fourth-order valence-electron chi connectivity index (χ4n) is 5.39. The van der Waals surface area contributed by atoms with Crippen molar-refractivity contribution in [2.24, 2.45) is 5.92 Å². The number of hydrogen-bond acceptors (Lipinski definition) is 2. The van der Waals surface area contributed by atoms with Gasteiger partial charge in [-0.3, -0.25) is 0 Å². The minimum absolute atomic E-state index is 0.00380. The van der Waals surface area contributed by atoms with Crippen LogP contribution in [0.4, 0.5) is 35.1 Å². The Bertz CT molecular complexity index is 1310. The summed E-state index contributed by atoms with van der Waals surface area (Å²) in [5, 5.41) is 0. The minimum atomic E-state index is -5.17. The summed E-state index contributed by atoms with van der Waals surface area (Å²) in [6.45, 7) is 2.19. The number of ether oxygens (including phenoxy) is 2. The molecule has 1 fully saturated rings. The molecule has 10 heteroatoms. The van der Waals surface area contributed by atoms with Gasteiger partial charge in [-0.2, -0.15) is 8.78 Å². The van der Waals surface area contributed by atoms with Crippen molar-refractivity contribution in [1.82, 2.24) is 0 Å². The van der Waals surface area contributed by atoms with E-state index in [1.807, 2.05) is 12.1 Å². The first-order chi connectivity index (χ1) is 19.3. The minimum Gasteiger partial charge on any atom is -0.432 e. The Labute approximate surface area is 233 Å².